The lowest BCUT2D eigenvalue weighted by Gasteiger charge is -2.25. The van der Waals surface area contributed by atoms with Crippen molar-refractivity contribution >= 4 is 34.5 Å². The van der Waals surface area contributed by atoms with Gasteiger partial charge in [0, 0.05) is 50.1 Å². The second kappa shape index (κ2) is 9.53. The van der Waals surface area contributed by atoms with Gasteiger partial charge in [-0.1, -0.05) is 13.0 Å². The van der Waals surface area contributed by atoms with Crippen LogP contribution in [0.1, 0.15) is 22.7 Å². The standard InChI is InChI=1S/C17H25N5OS2/c1-13(16-18-7-9-25-16)12-22(4)17(20-11-15(23)21(2)3)19-10-14-6-5-8-24-14/h5-9,13H,10-12H2,1-4H3,(H,19,20). The van der Waals surface area contributed by atoms with Gasteiger partial charge in [0.1, 0.15) is 6.54 Å². The number of likely N-dealkylation sites (N-methyl/N-ethyl adjacent to an activating group) is 2. The SMILES string of the molecule is CC(CN(C)C(=NCC(=O)N(C)C)NCc1cccs1)c1nccs1. The average Bonchev–Trinajstić information content (AvgIpc) is 3.27. The van der Waals surface area contributed by atoms with Crippen molar-refractivity contribution in [2.75, 3.05) is 34.2 Å². The van der Waals surface area contributed by atoms with E-state index in [4.69, 9.17) is 0 Å². The molecule has 6 nitrogen and oxygen atoms in total. The van der Waals surface area contributed by atoms with Crippen LogP contribution in [0.25, 0.3) is 0 Å². The van der Waals surface area contributed by atoms with E-state index in [1.54, 1.807) is 41.7 Å². The van der Waals surface area contributed by atoms with Crippen LogP contribution in [0.5, 0.6) is 0 Å². The molecule has 2 aromatic rings. The highest BCUT2D eigenvalue weighted by atomic mass is 32.1. The quantitative estimate of drug-likeness (QED) is 0.593. The molecule has 0 radical (unpaired) electrons. The summed E-state index contributed by atoms with van der Waals surface area (Å²) in [5.74, 6) is 1.01. The fourth-order valence-electron chi connectivity index (χ4n) is 2.23. The fraction of sp³-hybridized carbons (Fsp3) is 0.471. The van der Waals surface area contributed by atoms with E-state index in [9.17, 15) is 4.79 Å². The van der Waals surface area contributed by atoms with Gasteiger partial charge >= 0.3 is 0 Å². The Morgan fingerprint density at radius 3 is 2.72 bits per heavy atom. The topological polar surface area (TPSA) is 60.8 Å². The first-order valence-electron chi connectivity index (χ1n) is 8.08. The lowest BCUT2D eigenvalue weighted by Crippen LogP contribution is -2.41. The Kier molecular flexibility index (Phi) is 7.39. The summed E-state index contributed by atoms with van der Waals surface area (Å²) < 4.78 is 0. The molecule has 2 aromatic heterocycles. The highest BCUT2D eigenvalue weighted by molar-refractivity contribution is 7.10. The molecule has 2 heterocycles. The molecule has 8 heteroatoms. The van der Waals surface area contributed by atoms with Crippen LogP contribution < -0.4 is 5.32 Å². The molecular formula is C17H25N5OS2. The number of guanidine groups is 1. The largest absolute Gasteiger partial charge is 0.351 e. The minimum Gasteiger partial charge on any atom is -0.351 e. The van der Waals surface area contributed by atoms with E-state index >= 15 is 0 Å². The number of thiophene rings is 1. The van der Waals surface area contributed by atoms with Crippen molar-refractivity contribution in [1.29, 1.82) is 0 Å². The molecule has 136 valence electrons. The molecule has 0 aromatic carbocycles. The number of nitrogens with zero attached hydrogens (tertiary/aromatic N) is 4. The van der Waals surface area contributed by atoms with E-state index in [0.717, 1.165) is 17.5 Å². The molecule has 0 saturated carbocycles. The lowest BCUT2D eigenvalue weighted by atomic mass is 10.2. The Labute approximate surface area is 157 Å². The van der Waals surface area contributed by atoms with Crippen LogP contribution in [-0.2, 0) is 11.3 Å². The van der Waals surface area contributed by atoms with Crippen LogP contribution in [0.2, 0.25) is 0 Å². The van der Waals surface area contributed by atoms with E-state index in [2.05, 4.69) is 38.6 Å². The Balaban J connectivity index is 2.03. The van der Waals surface area contributed by atoms with Gasteiger partial charge in [0.05, 0.1) is 11.6 Å². The third kappa shape index (κ3) is 6.13. The smallest absolute Gasteiger partial charge is 0.243 e. The van der Waals surface area contributed by atoms with Gasteiger partial charge in [-0.2, -0.15) is 0 Å². The van der Waals surface area contributed by atoms with Gasteiger partial charge in [0.15, 0.2) is 5.96 Å². The average molecular weight is 380 g/mol. The molecule has 0 aliphatic carbocycles. The molecule has 0 aliphatic heterocycles. The summed E-state index contributed by atoms with van der Waals surface area (Å²) in [7, 11) is 5.47. The number of carbonyl (C=O) groups excluding carboxylic acids is 1. The van der Waals surface area contributed by atoms with E-state index in [-0.39, 0.29) is 12.5 Å². The van der Waals surface area contributed by atoms with Crippen molar-refractivity contribution < 1.29 is 4.79 Å². The highest BCUT2D eigenvalue weighted by Crippen LogP contribution is 2.18. The van der Waals surface area contributed by atoms with Gasteiger partial charge in [0.2, 0.25) is 5.91 Å². The first-order valence-corrected chi connectivity index (χ1v) is 9.84. The minimum absolute atomic E-state index is 0.0169. The molecule has 0 aliphatic rings. The maximum atomic E-state index is 11.9. The van der Waals surface area contributed by atoms with Crippen molar-refractivity contribution in [3.63, 3.8) is 0 Å². The Hall–Kier alpha value is -1.93. The van der Waals surface area contributed by atoms with Crippen molar-refractivity contribution in [3.05, 3.63) is 39.0 Å². The maximum absolute atomic E-state index is 11.9. The number of hydrogen-bond acceptors (Lipinski definition) is 5. The zero-order valence-corrected chi connectivity index (χ0v) is 16.7. The van der Waals surface area contributed by atoms with Crippen LogP contribution in [0.4, 0.5) is 0 Å². The van der Waals surface area contributed by atoms with E-state index < -0.39 is 0 Å². The van der Waals surface area contributed by atoms with Crippen LogP contribution in [0, 0.1) is 0 Å². The van der Waals surface area contributed by atoms with Crippen molar-refractivity contribution in [2.24, 2.45) is 4.99 Å². The fourth-order valence-corrected chi connectivity index (χ4v) is 3.56. The van der Waals surface area contributed by atoms with Gasteiger partial charge in [-0.05, 0) is 11.4 Å². The second-order valence-corrected chi connectivity index (χ2v) is 7.97. The molecule has 1 N–H and O–H groups in total. The van der Waals surface area contributed by atoms with Crippen molar-refractivity contribution in [1.82, 2.24) is 20.1 Å². The molecule has 0 bridgehead atoms. The predicted molar refractivity (Wildman–Crippen MR) is 105 cm³/mol. The van der Waals surface area contributed by atoms with Gasteiger partial charge < -0.3 is 15.1 Å². The zero-order chi connectivity index (χ0) is 18.2. The summed E-state index contributed by atoms with van der Waals surface area (Å²) in [5, 5.41) is 8.52. The molecular weight excluding hydrogens is 354 g/mol. The third-order valence-corrected chi connectivity index (χ3v) is 5.53. The van der Waals surface area contributed by atoms with Crippen molar-refractivity contribution in [3.8, 4) is 0 Å². The van der Waals surface area contributed by atoms with E-state index in [1.165, 1.54) is 4.88 Å². The molecule has 0 saturated heterocycles. The number of amides is 1. The van der Waals surface area contributed by atoms with Gasteiger partial charge in [-0.3, -0.25) is 4.79 Å². The van der Waals surface area contributed by atoms with E-state index in [0.29, 0.717) is 12.5 Å². The molecule has 1 amide bonds. The van der Waals surface area contributed by atoms with Gasteiger partial charge in [0.25, 0.3) is 0 Å². The number of aliphatic imine (C=N–C) groups is 1. The van der Waals surface area contributed by atoms with Gasteiger partial charge in [-0.25, -0.2) is 9.98 Å². The zero-order valence-electron chi connectivity index (χ0n) is 15.1. The summed E-state index contributed by atoms with van der Waals surface area (Å²) >= 11 is 3.36. The summed E-state index contributed by atoms with van der Waals surface area (Å²) in [6.07, 6.45) is 1.83. The third-order valence-electron chi connectivity index (χ3n) is 3.65. The van der Waals surface area contributed by atoms with Crippen molar-refractivity contribution in [2.45, 2.75) is 19.4 Å². The number of rotatable bonds is 7. The number of carbonyl (C=O) groups is 1. The first-order chi connectivity index (χ1) is 12.0. The minimum atomic E-state index is -0.0169. The molecule has 1 unspecified atom stereocenters. The van der Waals surface area contributed by atoms with Gasteiger partial charge in [-0.15, -0.1) is 22.7 Å². The molecule has 1 atom stereocenters. The number of nitrogens with one attached hydrogen (secondary N) is 1. The van der Waals surface area contributed by atoms with E-state index in [1.807, 2.05) is 24.7 Å². The molecule has 0 fully saturated rings. The molecule has 0 spiro atoms. The summed E-state index contributed by atoms with van der Waals surface area (Å²) in [5.41, 5.74) is 0. The summed E-state index contributed by atoms with van der Waals surface area (Å²) in [4.78, 5) is 25.6. The van der Waals surface area contributed by atoms with Crippen LogP contribution in [-0.4, -0.2) is 60.9 Å². The Morgan fingerprint density at radius 2 is 2.12 bits per heavy atom. The van der Waals surface area contributed by atoms with Crippen LogP contribution >= 0.6 is 22.7 Å². The summed E-state index contributed by atoms with van der Waals surface area (Å²) in [6, 6.07) is 4.11. The second-order valence-electron chi connectivity index (χ2n) is 6.01. The molecule has 2 rings (SSSR count). The lowest BCUT2D eigenvalue weighted by molar-refractivity contribution is -0.127. The highest BCUT2D eigenvalue weighted by Gasteiger charge is 2.15. The van der Waals surface area contributed by atoms with Crippen LogP contribution in [0.3, 0.4) is 0 Å². The number of thiazole rings is 1. The normalized spacial score (nSPS) is 12.7. The Bertz CT molecular complexity index is 667. The summed E-state index contributed by atoms with van der Waals surface area (Å²) in [6.45, 7) is 3.76. The maximum Gasteiger partial charge on any atom is 0.243 e. The predicted octanol–water partition coefficient (Wildman–Crippen LogP) is 2.47. The number of hydrogen-bond donors (Lipinski definition) is 1. The first kappa shape index (κ1) is 19.4. The molecule has 25 heavy (non-hydrogen) atoms. The van der Waals surface area contributed by atoms with Crippen LogP contribution in [0.15, 0.2) is 34.1 Å². The number of aromatic nitrogens is 1. The monoisotopic (exact) mass is 379 g/mol. The Morgan fingerprint density at radius 1 is 1.32 bits per heavy atom.